The molecule has 1 aromatic carbocycles. The molecule has 2 heterocycles. The number of fused-ring (bicyclic) bond motifs is 1. The van der Waals surface area contributed by atoms with E-state index in [0.717, 1.165) is 23.3 Å². The number of carboxylic acids is 1. The van der Waals surface area contributed by atoms with Crippen LogP contribution < -0.4 is 10.1 Å². The molecule has 1 aromatic rings. The van der Waals surface area contributed by atoms with Crippen molar-refractivity contribution in [1.82, 2.24) is 4.90 Å². The molecule has 2 aliphatic heterocycles. The molecule has 2 atom stereocenters. The van der Waals surface area contributed by atoms with Gasteiger partial charge >= 0.3 is 18.2 Å². The topological polar surface area (TPSA) is 78.9 Å². The number of benzene rings is 1. The number of likely N-dealkylation sites (tertiary alicyclic amines) is 1. The Kier molecular flexibility index (Phi) is 4.49. The molecule has 1 fully saturated rings. The van der Waals surface area contributed by atoms with Gasteiger partial charge in [-0.2, -0.15) is 13.2 Å². The lowest BCUT2D eigenvalue weighted by Gasteiger charge is -2.23. The fraction of sp³-hybridized carbons (Fsp3) is 0.500. The van der Waals surface area contributed by atoms with E-state index in [2.05, 4.69) is 5.32 Å². The maximum absolute atomic E-state index is 13.0. The number of alkyl halides is 3. The van der Waals surface area contributed by atoms with Gasteiger partial charge in [0.2, 0.25) is 0 Å². The summed E-state index contributed by atoms with van der Waals surface area (Å²) in [5.74, 6) is -4.77. The van der Waals surface area contributed by atoms with Crippen molar-refractivity contribution in [3.05, 3.63) is 23.8 Å². The van der Waals surface area contributed by atoms with Gasteiger partial charge in [0, 0.05) is 13.1 Å². The average molecular weight is 358 g/mol. The highest BCUT2D eigenvalue weighted by Crippen LogP contribution is 2.38. The fourth-order valence-corrected chi connectivity index (χ4v) is 3.23. The Labute approximate surface area is 141 Å². The summed E-state index contributed by atoms with van der Waals surface area (Å²) in [5, 5.41) is 11.6. The molecule has 0 spiro atoms. The Hall–Kier alpha value is -2.45. The number of hydrogen-bond acceptors (Lipinski definition) is 3. The van der Waals surface area contributed by atoms with Gasteiger partial charge in [0.1, 0.15) is 5.75 Å². The van der Waals surface area contributed by atoms with Gasteiger partial charge in [-0.3, -0.25) is 4.79 Å². The first-order valence-corrected chi connectivity index (χ1v) is 7.87. The van der Waals surface area contributed by atoms with Gasteiger partial charge in [-0.1, -0.05) is 12.1 Å². The van der Waals surface area contributed by atoms with E-state index in [1.807, 2.05) is 6.07 Å². The molecule has 0 unspecified atom stereocenters. The lowest BCUT2D eigenvalue weighted by atomic mass is 9.96. The number of hydrogen-bond donors (Lipinski definition) is 2. The van der Waals surface area contributed by atoms with Crippen molar-refractivity contribution < 1.29 is 32.6 Å². The first-order valence-electron chi connectivity index (χ1n) is 7.87. The molecule has 0 aliphatic carbocycles. The molecular weight excluding hydrogens is 341 g/mol. The number of aliphatic carboxylic acids is 1. The molecule has 2 amide bonds. The summed E-state index contributed by atoms with van der Waals surface area (Å²) in [4.78, 5) is 24.3. The number of halogens is 3. The number of nitrogens with one attached hydrogen (secondary N) is 1. The van der Waals surface area contributed by atoms with E-state index in [-0.39, 0.29) is 0 Å². The van der Waals surface area contributed by atoms with Crippen LogP contribution in [0, 0.1) is 11.8 Å². The molecule has 0 radical (unpaired) electrons. The first-order chi connectivity index (χ1) is 11.8. The third-order valence-electron chi connectivity index (χ3n) is 4.52. The standard InChI is InChI=1S/C16H17F3N2O4/c17-16(18,19)11-8-21(7-10(11)14(22)23)15(24)20-12-5-1-3-9-4-2-6-25-13(9)12/h1,3,5,10-11H,2,4,6-8H2,(H,20,24)(H,22,23)/t10-,11-/m1/s1. The van der Waals surface area contributed by atoms with Gasteiger partial charge in [-0.15, -0.1) is 0 Å². The molecule has 136 valence electrons. The lowest BCUT2D eigenvalue weighted by molar-refractivity contribution is -0.187. The van der Waals surface area contributed by atoms with Crippen molar-refractivity contribution in [1.29, 1.82) is 0 Å². The fourth-order valence-electron chi connectivity index (χ4n) is 3.23. The molecule has 0 bridgehead atoms. The highest BCUT2D eigenvalue weighted by Gasteiger charge is 2.53. The number of rotatable bonds is 2. The van der Waals surface area contributed by atoms with Crippen LogP contribution in [0.1, 0.15) is 12.0 Å². The summed E-state index contributed by atoms with van der Waals surface area (Å²) < 4.78 is 44.6. The molecule has 3 rings (SSSR count). The summed E-state index contributed by atoms with van der Waals surface area (Å²) in [6.07, 6.45) is -3.03. The molecule has 6 nitrogen and oxygen atoms in total. The van der Waals surface area contributed by atoms with Crippen molar-refractivity contribution >= 4 is 17.7 Å². The summed E-state index contributed by atoms with van der Waals surface area (Å²) in [7, 11) is 0. The number of ether oxygens (including phenoxy) is 1. The third kappa shape index (κ3) is 3.49. The Morgan fingerprint density at radius 1 is 1.28 bits per heavy atom. The zero-order chi connectivity index (χ0) is 18.2. The summed E-state index contributed by atoms with van der Waals surface area (Å²) in [6.45, 7) is -0.662. The Morgan fingerprint density at radius 3 is 2.68 bits per heavy atom. The van der Waals surface area contributed by atoms with Crippen molar-refractivity contribution in [2.24, 2.45) is 11.8 Å². The predicted molar refractivity (Wildman–Crippen MR) is 81.5 cm³/mol. The number of amides is 2. The largest absolute Gasteiger partial charge is 0.491 e. The van der Waals surface area contributed by atoms with Crippen LogP contribution in [0.3, 0.4) is 0 Å². The predicted octanol–water partition coefficient (Wildman–Crippen LogP) is 2.74. The second kappa shape index (κ2) is 6.45. The number of carboxylic acid groups (broad SMARTS) is 1. The van der Waals surface area contributed by atoms with Gasteiger partial charge in [-0.05, 0) is 24.5 Å². The minimum atomic E-state index is -4.67. The van der Waals surface area contributed by atoms with E-state index >= 15 is 0 Å². The van der Waals surface area contributed by atoms with Gasteiger partial charge < -0.3 is 20.1 Å². The molecule has 25 heavy (non-hydrogen) atoms. The quantitative estimate of drug-likeness (QED) is 0.852. The molecule has 0 aromatic heterocycles. The number of carbonyl (C=O) groups is 2. The smallest absolute Gasteiger partial charge is 0.394 e. The van der Waals surface area contributed by atoms with Crippen LogP contribution in [0.5, 0.6) is 5.75 Å². The van der Waals surface area contributed by atoms with E-state index in [1.165, 1.54) is 0 Å². The molecule has 9 heteroatoms. The minimum absolute atomic E-state index is 0.379. The Bertz CT molecular complexity index is 692. The van der Waals surface area contributed by atoms with E-state index in [9.17, 15) is 22.8 Å². The zero-order valence-corrected chi connectivity index (χ0v) is 13.2. The summed E-state index contributed by atoms with van der Waals surface area (Å²) in [5.41, 5.74) is 1.30. The van der Waals surface area contributed by atoms with Gasteiger partial charge in [0.15, 0.2) is 0 Å². The minimum Gasteiger partial charge on any atom is -0.491 e. The van der Waals surface area contributed by atoms with Crippen molar-refractivity contribution in [3.8, 4) is 5.75 Å². The van der Waals surface area contributed by atoms with Crippen LogP contribution >= 0.6 is 0 Å². The summed E-state index contributed by atoms with van der Waals surface area (Å²) >= 11 is 0. The van der Waals surface area contributed by atoms with Gasteiger partial charge in [0.05, 0.1) is 24.1 Å². The van der Waals surface area contributed by atoms with Crippen LogP contribution in [0.25, 0.3) is 0 Å². The van der Waals surface area contributed by atoms with Crippen LogP contribution in [0.2, 0.25) is 0 Å². The number of aryl methyl sites for hydroxylation is 1. The highest BCUT2D eigenvalue weighted by molar-refractivity contribution is 5.92. The van der Waals surface area contributed by atoms with E-state index in [4.69, 9.17) is 9.84 Å². The monoisotopic (exact) mass is 358 g/mol. The molecular formula is C16H17F3N2O4. The Morgan fingerprint density at radius 2 is 2.04 bits per heavy atom. The van der Waals surface area contributed by atoms with E-state index in [0.29, 0.717) is 18.0 Å². The number of carbonyl (C=O) groups excluding carboxylic acids is 1. The highest BCUT2D eigenvalue weighted by atomic mass is 19.4. The molecule has 0 saturated carbocycles. The SMILES string of the molecule is O=C(O)[C@@H]1CN(C(=O)Nc2cccc3c2OCCC3)C[C@H]1C(F)(F)F. The zero-order valence-electron chi connectivity index (χ0n) is 13.2. The maximum atomic E-state index is 13.0. The van der Waals surface area contributed by atoms with Gasteiger partial charge in [-0.25, -0.2) is 4.79 Å². The molecule has 2 N–H and O–H groups in total. The summed E-state index contributed by atoms with van der Waals surface area (Å²) in [6, 6.07) is 4.43. The normalized spacial score (nSPS) is 22.9. The number of urea groups is 1. The second-order valence-corrected chi connectivity index (χ2v) is 6.17. The van der Waals surface area contributed by atoms with Gasteiger partial charge in [0.25, 0.3) is 0 Å². The van der Waals surface area contributed by atoms with E-state index in [1.54, 1.807) is 12.1 Å². The van der Waals surface area contributed by atoms with Crippen LogP contribution in [0.15, 0.2) is 18.2 Å². The van der Waals surface area contributed by atoms with Crippen LogP contribution in [0.4, 0.5) is 23.7 Å². The molecule has 2 aliphatic rings. The number of anilines is 1. The van der Waals surface area contributed by atoms with Crippen molar-refractivity contribution in [2.45, 2.75) is 19.0 Å². The number of nitrogens with zero attached hydrogens (tertiary/aromatic N) is 1. The van der Waals surface area contributed by atoms with E-state index < -0.39 is 43.1 Å². The first kappa shape index (κ1) is 17.4. The maximum Gasteiger partial charge on any atom is 0.394 e. The van der Waals surface area contributed by atoms with Crippen molar-refractivity contribution in [3.63, 3.8) is 0 Å². The van der Waals surface area contributed by atoms with Crippen LogP contribution in [-0.4, -0.2) is 47.9 Å². The molecule has 1 saturated heterocycles. The van der Waals surface area contributed by atoms with Crippen molar-refractivity contribution in [2.75, 3.05) is 25.0 Å². The number of para-hydroxylation sites is 1. The lowest BCUT2D eigenvalue weighted by Crippen LogP contribution is -2.35. The Balaban J connectivity index is 1.75. The third-order valence-corrected chi connectivity index (χ3v) is 4.52. The second-order valence-electron chi connectivity index (χ2n) is 6.17. The average Bonchev–Trinajstić information content (AvgIpc) is 3.01. The van der Waals surface area contributed by atoms with Crippen LogP contribution in [-0.2, 0) is 11.2 Å².